The molecule has 102 valence electrons. The van der Waals surface area contributed by atoms with Gasteiger partial charge in [-0.2, -0.15) is 4.31 Å². The molecule has 0 atom stereocenters. The number of hydrogen-bond acceptors (Lipinski definition) is 4. The van der Waals surface area contributed by atoms with Gasteiger partial charge in [0.05, 0.1) is 16.3 Å². The molecule has 7 heteroatoms. The summed E-state index contributed by atoms with van der Waals surface area (Å²) < 4.78 is 25.6. The van der Waals surface area contributed by atoms with Crippen LogP contribution in [0.3, 0.4) is 0 Å². The van der Waals surface area contributed by atoms with Crippen molar-refractivity contribution in [2.24, 2.45) is 0 Å². The van der Waals surface area contributed by atoms with Crippen LogP contribution in [-0.2, 0) is 10.0 Å². The Kier molecular flexibility index (Phi) is 4.27. The topological polar surface area (TPSA) is 83.6 Å². The van der Waals surface area contributed by atoms with Crippen LogP contribution in [0.5, 0.6) is 0 Å². The first kappa shape index (κ1) is 15.2. The largest absolute Gasteiger partial charge is 0.398 e. The van der Waals surface area contributed by atoms with Crippen LogP contribution in [0.2, 0.25) is 5.02 Å². The average molecular weight is 293 g/mol. The predicted molar refractivity (Wildman–Crippen MR) is 72.0 cm³/mol. The summed E-state index contributed by atoms with van der Waals surface area (Å²) in [7, 11) is -2.45. The molecule has 1 aromatic rings. The van der Waals surface area contributed by atoms with Crippen LogP contribution >= 0.6 is 11.6 Å². The van der Waals surface area contributed by atoms with E-state index >= 15 is 0 Å². The minimum Gasteiger partial charge on any atom is -0.398 e. The van der Waals surface area contributed by atoms with Crippen molar-refractivity contribution in [3.8, 4) is 0 Å². The van der Waals surface area contributed by atoms with Crippen LogP contribution in [0.25, 0.3) is 0 Å². The lowest BCUT2D eigenvalue weighted by Gasteiger charge is -2.25. The van der Waals surface area contributed by atoms with Gasteiger partial charge < -0.3 is 10.8 Å². The number of hydrogen-bond donors (Lipinski definition) is 2. The Morgan fingerprint density at radius 1 is 1.44 bits per heavy atom. The van der Waals surface area contributed by atoms with Crippen molar-refractivity contribution in [2.75, 3.05) is 19.3 Å². The molecule has 0 radical (unpaired) electrons. The van der Waals surface area contributed by atoms with Crippen LogP contribution in [0.15, 0.2) is 23.1 Å². The number of nitrogens with two attached hydrogens (primary N) is 1. The molecule has 0 heterocycles. The summed E-state index contributed by atoms with van der Waals surface area (Å²) in [5.41, 5.74) is 4.60. The van der Waals surface area contributed by atoms with Gasteiger partial charge in [0.25, 0.3) is 0 Å². The fourth-order valence-electron chi connectivity index (χ4n) is 1.58. The molecule has 3 N–H and O–H groups in total. The minimum absolute atomic E-state index is 0.0556. The Hall–Kier alpha value is -0.820. The van der Waals surface area contributed by atoms with Gasteiger partial charge in [-0.15, -0.1) is 0 Å². The minimum atomic E-state index is -3.82. The fraction of sp³-hybridized carbons (Fsp3) is 0.455. The van der Waals surface area contributed by atoms with E-state index < -0.39 is 15.6 Å². The first-order valence-corrected chi connectivity index (χ1v) is 7.10. The van der Waals surface area contributed by atoms with Crippen LogP contribution in [-0.4, -0.2) is 37.0 Å². The lowest BCUT2D eigenvalue weighted by atomic mass is 10.1. The number of rotatable bonds is 4. The van der Waals surface area contributed by atoms with Gasteiger partial charge in [0, 0.05) is 13.6 Å². The molecule has 0 unspecified atom stereocenters. The second-order valence-corrected chi connectivity index (χ2v) is 7.12. The highest BCUT2D eigenvalue weighted by Crippen LogP contribution is 2.29. The third-order valence-electron chi connectivity index (χ3n) is 2.28. The van der Waals surface area contributed by atoms with E-state index in [9.17, 15) is 13.5 Å². The molecule has 0 aromatic heterocycles. The summed E-state index contributed by atoms with van der Waals surface area (Å²) in [6.07, 6.45) is 0. The van der Waals surface area contributed by atoms with Crippen LogP contribution < -0.4 is 5.73 Å². The SMILES string of the molecule is CN(CC(C)(C)O)S(=O)(=O)c1c(N)cccc1Cl. The van der Waals surface area contributed by atoms with Gasteiger partial charge in [-0.1, -0.05) is 17.7 Å². The van der Waals surface area contributed by atoms with Gasteiger partial charge in [0.15, 0.2) is 0 Å². The molecule has 5 nitrogen and oxygen atoms in total. The van der Waals surface area contributed by atoms with Gasteiger partial charge in [-0.25, -0.2) is 8.42 Å². The van der Waals surface area contributed by atoms with E-state index in [1.165, 1.54) is 33.0 Å². The van der Waals surface area contributed by atoms with Crippen molar-refractivity contribution in [2.45, 2.75) is 24.3 Å². The van der Waals surface area contributed by atoms with E-state index in [0.29, 0.717) is 0 Å². The first-order valence-electron chi connectivity index (χ1n) is 5.28. The van der Waals surface area contributed by atoms with Gasteiger partial charge in [0.2, 0.25) is 10.0 Å². The summed E-state index contributed by atoms with van der Waals surface area (Å²) in [6, 6.07) is 4.51. The highest BCUT2D eigenvalue weighted by atomic mass is 35.5. The fourth-order valence-corrected chi connectivity index (χ4v) is 3.54. The lowest BCUT2D eigenvalue weighted by Crippen LogP contribution is -2.39. The van der Waals surface area contributed by atoms with Gasteiger partial charge in [-0.05, 0) is 26.0 Å². The standard InChI is InChI=1S/C11H17ClN2O3S/c1-11(2,15)7-14(3)18(16,17)10-8(12)5-4-6-9(10)13/h4-6,15H,7,13H2,1-3H3. The van der Waals surface area contributed by atoms with Crippen molar-refractivity contribution in [3.05, 3.63) is 23.2 Å². The molecule has 1 aromatic carbocycles. The van der Waals surface area contributed by atoms with Crippen molar-refractivity contribution >= 4 is 27.3 Å². The van der Waals surface area contributed by atoms with Crippen LogP contribution in [0.4, 0.5) is 5.69 Å². The molecule has 0 saturated carbocycles. The predicted octanol–water partition coefficient (Wildman–Crippen LogP) is 1.31. The number of nitrogens with zero attached hydrogens (tertiary/aromatic N) is 1. The maximum absolute atomic E-state index is 12.3. The van der Waals surface area contributed by atoms with E-state index in [0.717, 1.165) is 4.31 Å². The van der Waals surface area contributed by atoms with Crippen molar-refractivity contribution in [3.63, 3.8) is 0 Å². The zero-order valence-electron chi connectivity index (χ0n) is 10.5. The molecule has 0 bridgehead atoms. The average Bonchev–Trinajstić information content (AvgIpc) is 2.13. The van der Waals surface area contributed by atoms with E-state index in [1.54, 1.807) is 6.07 Å². The second kappa shape index (κ2) is 5.05. The van der Waals surface area contributed by atoms with Crippen molar-refractivity contribution < 1.29 is 13.5 Å². The van der Waals surface area contributed by atoms with Gasteiger partial charge >= 0.3 is 0 Å². The molecule has 0 fully saturated rings. The molecule has 0 saturated heterocycles. The number of anilines is 1. The number of halogens is 1. The molecular formula is C11H17ClN2O3S. The van der Waals surface area contributed by atoms with E-state index in [2.05, 4.69) is 0 Å². The summed E-state index contributed by atoms with van der Waals surface area (Å²) in [5.74, 6) is 0. The second-order valence-electron chi connectivity index (χ2n) is 4.73. The Bertz CT molecular complexity index is 517. The smallest absolute Gasteiger partial charge is 0.246 e. The number of aliphatic hydroxyl groups is 1. The summed E-state index contributed by atoms with van der Waals surface area (Å²) >= 11 is 5.88. The summed E-state index contributed by atoms with van der Waals surface area (Å²) in [6.45, 7) is 2.99. The molecule has 0 aliphatic carbocycles. The number of likely N-dealkylation sites (N-methyl/N-ethyl adjacent to an activating group) is 1. The number of nitrogen functional groups attached to an aromatic ring is 1. The maximum atomic E-state index is 12.3. The number of sulfonamides is 1. The Morgan fingerprint density at radius 2 is 2.00 bits per heavy atom. The van der Waals surface area contributed by atoms with E-state index in [1.807, 2.05) is 0 Å². The van der Waals surface area contributed by atoms with Gasteiger partial charge in [-0.3, -0.25) is 0 Å². The molecule has 0 aliphatic heterocycles. The summed E-state index contributed by atoms with van der Waals surface area (Å²) in [4.78, 5) is -0.126. The molecular weight excluding hydrogens is 276 g/mol. The van der Waals surface area contributed by atoms with E-state index in [4.69, 9.17) is 17.3 Å². The van der Waals surface area contributed by atoms with E-state index in [-0.39, 0.29) is 22.2 Å². The highest BCUT2D eigenvalue weighted by Gasteiger charge is 2.29. The van der Waals surface area contributed by atoms with Crippen LogP contribution in [0.1, 0.15) is 13.8 Å². The molecule has 18 heavy (non-hydrogen) atoms. The zero-order chi connectivity index (χ0) is 14.1. The monoisotopic (exact) mass is 292 g/mol. The van der Waals surface area contributed by atoms with Gasteiger partial charge in [0.1, 0.15) is 4.90 Å². The van der Waals surface area contributed by atoms with Crippen LogP contribution in [0, 0.1) is 0 Å². The summed E-state index contributed by atoms with van der Waals surface area (Å²) in [5, 5.41) is 9.73. The molecule has 0 aliphatic rings. The number of benzene rings is 1. The lowest BCUT2D eigenvalue weighted by molar-refractivity contribution is 0.0640. The highest BCUT2D eigenvalue weighted by molar-refractivity contribution is 7.89. The Balaban J connectivity index is 3.22. The first-order chi connectivity index (χ1) is 8.05. The zero-order valence-corrected chi connectivity index (χ0v) is 12.1. The van der Waals surface area contributed by atoms with Crippen molar-refractivity contribution in [1.29, 1.82) is 0 Å². The maximum Gasteiger partial charge on any atom is 0.246 e. The molecule has 1 rings (SSSR count). The Morgan fingerprint density at radius 3 is 2.44 bits per heavy atom. The Labute approximate surface area is 112 Å². The quantitative estimate of drug-likeness (QED) is 0.820. The normalized spacial score (nSPS) is 13.0. The third-order valence-corrected chi connectivity index (χ3v) is 4.62. The van der Waals surface area contributed by atoms with Crippen molar-refractivity contribution in [1.82, 2.24) is 4.31 Å². The molecule has 0 spiro atoms. The third kappa shape index (κ3) is 3.35. The molecule has 0 amide bonds.